The SMILES string of the molecule is CC1(C)OCC([C@@H](O)[C@H](O)C2COC(C)(C)O2)O1. The summed E-state index contributed by atoms with van der Waals surface area (Å²) in [6, 6.07) is 0. The van der Waals surface area contributed by atoms with Crippen LogP contribution in [0.4, 0.5) is 0 Å². The van der Waals surface area contributed by atoms with Crippen LogP contribution in [0.15, 0.2) is 0 Å². The molecule has 0 radical (unpaired) electrons. The second kappa shape index (κ2) is 4.70. The summed E-state index contributed by atoms with van der Waals surface area (Å²) < 4.78 is 21.8. The van der Waals surface area contributed by atoms with Gasteiger partial charge in [-0.1, -0.05) is 0 Å². The lowest BCUT2D eigenvalue weighted by atomic mass is 10.0. The van der Waals surface area contributed by atoms with Gasteiger partial charge in [0.05, 0.1) is 13.2 Å². The average Bonchev–Trinajstić information content (AvgIpc) is 2.79. The summed E-state index contributed by atoms with van der Waals surface area (Å²) in [7, 11) is 0. The highest BCUT2D eigenvalue weighted by Crippen LogP contribution is 2.29. The maximum Gasteiger partial charge on any atom is 0.163 e. The molecule has 2 saturated heterocycles. The van der Waals surface area contributed by atoms with E-state index in [-0.39, 0.29) is 13.2 Å². The molecule has 0 aromatic carbocycles. The maximum atomic E-state index is 10.1. The largest absolute Gasteiger partial charge is 0.387 e. The van der Waals surface area contributed by atoms with E-state index in [1.165, 1.54) is 0 Å². The zero-order valence-electron chi connectivity index (χ0n) is 11.3. The van der Waals surface area contributed by atoms with Crippen molar-refractivity contribution in [2.45, 2.75) is 63.7 Å². The summed E-state index contributed by atoms with van der Waals surface area (Å²) in [5.74, 6) is -1.45. The minimum atomic E-state index is -1.06. The summed E-state index contributed by atoms with van der Waals surface area (Å²) in [6.07, 6.45) is -3.23. The lowest BCUT2D eigenvalue weighted by Gasteiger charge is -2.27. The van der Waals surface area contributed by atoms with Crippen LogP contribution in [0.25, 0.3) is 0 Å². The van der Waals surface area contributed by atoms with Gasteiger partial charge in [0.25, 0.3) is 0 Å². The van der Waals surface area contributed by atoms with E-state index in [4.69, 9.17) is 18.9 Å². The first kappa shape index (κ1) is 14.2. The van der Waals surface area contributed by atoms with Gasteiger partial charge in [0, 0.05) is 0 Å². The Morgan fingerprint density at radius 3 is 1.39 bits per heavy atom. The second-order valence-electron chi connectivity index (χ2n) is 5.72. The summed E-state index contributed by atoms with van der Waals surface area (Å²) in [6.45, 7) is 7.58. The zero-order valence-corrected chi connectivity index (χ0v) is 11.3. The standard InChI is InChI=1S/C12H22O6/c1-11(2)15-5-7(17-11)9(13)10(14)8-6-16-12(3,4)18-8/h7-10,13-14H,5-6H2,1-4H3/t7?,8?,9-,10-/m1/s1. The van der Waals surface area contributed by atoms with E-state index in [0.717, 1.165) is 0 Å². The van der Waals surface area contributed by atoms with Crippen LogP contribution in [-0.2, 0) is 18.9 Å². The first-order chi connectivity index (χ1) is 8.20. The van der Waals surface area contributed by atoms with Crippen LogP contribution in [-0.4, -0.2) is 59.4 Å². The molecule has 6 heteroatoms. The van der Waals surface area contributed by atoms with Crippen LogP contribution in [0.3, 0.4) is 0 Å². The van der Waals surface area contributed by atoms with Gasteiger partial charge in [0.15, 0.2) is 11.6 Å². The molecule has 18 heavy (non-hydrogen) atoms. The molecule has 0 aliphatic carbocycles. The maximum absolute atomic E-state index is 10.1. The topological polar surface area (TPSA) is 77.4 Å². The Kier molecular flexibility index (Phi) is 3.70. The third kappa shape index (κ3) is 3.01. The molecular weight excluding hydrogens is 240 g/mol. The van der Waals surface area contributed by atoms with E-state index in [1.807, 2.05) is 0 Å². The Bertz CT molecular complexity index is 273. The van der Waals surface area contributed by atoms with Gasteiger partial charge in [0.1, 0.15) is 24.4 Å². The van der Waals surface area contributed by atoms with Crippen LogP contribution >= 0.6 is 0 Å². The van der Waals surface area contributed by atoms with Gasteiger partial charge in [-0.15, -0.1) is 0 Å². The fourth-order valence-corrected chi connectivity index (χ4v) is 2.21. The normalized spacial score (nSPS) is 37.7. The van der Waals surface area contributed by atoms with Gasteiger partial charge < -0.3 is 29.2 Å². The van der Waals surface area contributed by atoms with Crippen molar-refractivity contribution in [1.82, 2.24) is 0 Å². The van der Waals surface area contributed by atoms with Gasteiger partial charge in [0.2, 0.25) is 0 Å². The molecule has 4 atom stereocenters. The number of rotatable bonds is 3. The fourth-order valence-electron chi connectivity index (χ4n) is 2.21. The molecule has 0 aromatic rings. The zero-order chi connectivity index (χ0) is 13.6. The summed E-state index contributed by atoms with van der Waals surface area (Å²) in [5.41, 5.74) is 0. The van der Waals surface area contributed by atoms with Crippen molar-refractivity contribution < 1.29 is 29.2 Å². The second-order valence-corrected chi connectivity index (χ2v) is 5.72. The van der Waals surface area contributed by atoms with E-state index >= 15 is 0 Å². The van der Waals surface area contributed by atoms with Gasteiger partial charge >= 0.3 is 0 Å². The lowest BCUT2D eigenvalue weighted by molar-refractivity contribution is -0.183. The number of ether oxygens (including phenoxy) is 4. The molecule has 2 unspecified atom stereocenters. The average molecular weight is 262 g/mol. The molecule has 2 fully saturated rings. The molecule has 0 aromatic heterocycles. The highest BCUT2D eigenvalue weighted by atomic mass is 16.8. The predicted octanol–water partition coefficient (Wildman–Crippen LogP) is 0.0112. The summed E-state index contributed by atoms with van der Waals surface area (Å²) in [4.78, 5) is 0. The van der Waals surface area contributed by atoms with Gasteiger partial charge in [-0.3, -0.25) is 0 Å². The Labute approximate surface area is 107 Å². The Balaban J connectivity index is 1.92. The summed E-state index contributed by atoms with van der Waals surface area (Å²) in [5, 5.41) is 20.2. The molecule has 0 saturated carbocycles. The quantitative estimate of drug-likeness (QED) is 0.746. The number of hydrogen-bond donors (Lipinski definition) is 2. The van der Waals surface area contributed by atoms with E-state index in [2.05, 4.69) is 0 Å². The minimum absolute atomic E-state index is 0.252. The molecular formula is C12H22O6. The first-order valence-electron chi connectivity index (χ1n) is 6.20. The number of aliphatic hydroxyl groups excluding tert-OH is 2. The third-order valence-electron chi connectivity index (χ3n) is 3.17. The van der Waals surface area contributed by atoms with Crippen molar-refractivity contribution in [1.29, 1.82) is 0 Å². The highest BCUT2D eigenvalue weighted by Gasteiger charge is 2.45. The van der Waals surface area contributed by atoms with E-state index in [0.29, 0.717) is 0 Å². The molecule has 2 aliphatic rings. The van der Waals surface area contributed by atoms with Crippen LogP contribution < -0.4 is 0 Å². The third-order valence-corrected chi connectivity index (χ3v) is 3.17. The van der Waals surface area contributed by atoms with Crippen LogP contribution in [0.5, 0.6) is 0 Å². The Hall–Kier alpha value is -0.240. The molecule has 2 aliphatic heterocycles. The van der Waals surface area contributed by atoms with Crippen molar-refractivity contribution >= 4 is 0 Å². The van der Waals surface area contributed by atoms with Crippen LogP contribution in [0, 0.1) is 0 Å². The molecule has 106 valence electrons. The molecule has 2 rings (SSSR count). The van der Waals surface area contributed by atoms with Gasteiger partial charge in [-0.25, -0.2) is 0 Å². The molecule has 0 spiro atoms. The summed E-state index contributed by atoms with van der Waals surface area (Å²) >= 11 is 0. The molecule has 2 heterocycles. The monoisotopic (exact) mass is 262 g/mol. The van der Waals surface area contributed by atoms with Crippen LogP contribution in [0.1, 0.15) is 27.7 Å². The van der Waals surface area contributed by atoms with Gasteiger partial charge in [-0.2, -0.15) is 0 Å². The van der Waals surface area contributed by atoms with Crippen molar-refractivity contribution in [2.24, 2.45) is 0 Å². The first-order valence-corrected chi connectivity index (χ1v) is 6.20. The van der Waals surface area contributed by atoms with E-state index in [9.17, 15) is 10.2 Å². The van der Waals surface area contributed by atoms with Gasteiger partial charge in [-0.05, 0) is 27.7 Å². The van der Waals surface area contributed by atoms with E-state index in [1.54, 1.807) is 27.7 Å². The van der Waals surface area contributed by atoms with Crippen LogP contribution in [0.2, 0.25) is 0 Å². The van der Waals surface area contributed by atoms with Crippen molar-refractivity contribution in [3.63, 3.8) is 0 Å². The minimum Gasteiger partial charge on any atom is -0.387 e. The molecule has 6 nitrogen and oxygen atoms in total. The van der Waals surface area contributed by atoms with Crippen molar-refractivity contribution in [3.8, 4) is 0 Å². The predicted molar refractivity (Wildman–Crippen MR) is 61.8 cm³/mol. The Morgan fingerprint density at radius 2 is 1.17 bits per heavy atom. The molecule has 2 N–H and O–H groups in total. The van der Waals surface area contributed by atoms with Crippen molar-refractivity contribution in [2.75, 3.05) is 13.2 Å². The number of hydrogen-bond acceptors (Lipinski definition) is 6. The van der Waals surface area contributed by atoms with E-state index < -0.39 is 36.0 Å². The smallest absolute Gasteiger partial charge is 0.163 e. The molecule has 0 bridgehead atoms. The number of aliphatic hydroxyl groups is 2. The lowest BCUT2D eigenvalue weighted by Crippen LogP contribution is -2.47. The molecule has 0 amide bonds. The van der Waals surface area contributed by atoms with Crippen molar-refractivity contribution in [3.05, 3.63) is 0 Å². The fraction of sp³-hybridized carbons (Fsp3) is 1.00. The highest BCUT2D eigenvalue weighted by molar-refractivity contribution is 4.88. The Morgan fingerprint density at radius 1 is 0.833 bits per heavy atom.